The van der Waals surface area contributed by atoms with Gasteiger partial charge in [0.05, 0.1) is 13.3 Å². The highest BCUT2D eigenvalue weighted by atomic mass is 16.5. The quantitative estimate of drug-likeness (QED) is 0.613. The van der Waals surface area contributed by atoms with Crippen molar-refractivity contribution in [1.29, 1.82) is 0 Å². The van der Waals surface area contributed by atoms with Crippen LogP contribution in [0.1, 0.15) is 20.3 Å². The van der Waals surface area contributed by atoms with Crippen LogP contribution in [0.2, 0.25) is 0 Å². The molecule has 1 aliphatic rings. The summed E-state index contributed by atoms with van der Waals surface area (Å²) in [6, 6.07) is 5.47. The van der Waals surface area contributed by atoms with Crippen LogP contribution in [0.3, 0.4) is 0 Å². The van der Waals surface area contributed by atoms with E-state index >= 15 is 0 Å². The summed E-state index contributed by atoms with van der Waals surface area (Å²) >= 11 is 0. The molecule has 1 saturated heterocycles. The molecule has 25 heavy (non-hydrogen) atoms. The van der Waals surface area contributed by atoms with E-state index in [-0.39, 0.29) is 17.8 Å². The van der Waals surface area contributed by atoms with E-state index < -0.39 is 6.04 Å². The maximum absolute atomic E-state index is 12.4. The second-order valence-corrected chi connectivity index (χ2v) is 6.62. The van der Waals surface area contributed by atoms with Crippen LogP contribution in [0, 0.1) is 5.92 Å². The van der Waals surface area contributed by atoms with Gasteiger partial charge in [-0.15, -0.1) is 0 Å². The lowest BCUT2D eigenvalue weighted by atomic mass is 9.99. The van der Waals surface area contributed by atoms with Crippen LogP contribution in [-0.4, -0.2) is 57.8 Å². The third-order valence-electron chi connectivity index (χ3n) is 4.90. The standard InChI is InChI=1S/C18H28N4O3/c1-4-14(2)17(18(24)25-3)20-16(23)13-21-9-11-22(12-10-21)15-7-5-6-8-19-15/h5-8,14,17H,4,9-13H2,1-3H3,(H,20,23)/p+2/t14-,17-/m1/s1. The third kappa shape index (κ3) is 5.42. The smallest absolute Gasteiger partial charge is 0.328 e. The third-order valence-corrected chi connectivity index (χ3v) is 4.90. The number of rotatable bonds is 7. The lowest BCUT2D eigenvalue weighted by molar-refractivity contribution is -0.892. The van der Waals surface area contributed by atoms with E-state index in [1.54, 1.807) is 0 Å². The number of esters is 1. The number of carbonyl (C=O) groups excluding carboxylic acids is 2. The van der Waals surface area contributed by atoms with Crippen LogP contribution in [0.15, 0.2) is 24.4 Å². The molecule has 1 aliphatic heterocycles. The van der Waals surface area contributed by atoms with Gasteiger partial charge in [-0.1, -0.05) is 26.3 Å². The molecule has 0 spiro atoms. The Morgan fingerprint density at radius 3 is 2.64 bits per heavy atom. The van der Waals surface area contributed by atoms with Crippen molar-refractivity contribution in [2.24, 2.45) is 5.92 Å². The highest BCUT2D eigenvalue weighted by Gasteiger charge is 2.30. The molecule has 1 fully saturated rings. The highest BCUT2D eigenvalue weighted by molar-refractivity contribution is 5.85. The summed E-state index contributed by atoms with van der Waals surface area (Å²) in [4.78, 5) is 31.0. The van der Waals surface area contributed by atoms with Gasteiger partial charge in [0.25, 0.3) is 11.7 Å². The van der Waals surface area contributed by atoms with Crippen molar-refractivity contribution in [1.82, 2.24) is 5.32 Å². The normalized spacial score (nSPS) is 17.6. The fraction of sp³-hybridized carbons (Fsp3) is 0.611. The summed E-state index contributed by atoms with van der Waals surface area (Å²) in [6.45, 7) is 7.91. The van der Waals surface area contributed by atoms with E-state index in [0.29, 0.717) is 6.54 Å². The van der Waals surface area contributed by atoms with Gasteiger partial charge in [0.2, 0.25) is 0 Å². The first-order valence-corrected chi connectivity index (χ1v) is 8.97. The van der Waals surface area contributed by atoms with Gasteiger partial charge in [-0.05, 0) is 12.0 Å². The summed E-state index contributed by atoms with van der Waals surface area (Å²) < 4.78 is 4.82. The molecular formula is C18H30N4O3+2. The number of carbonyl (C=O) groups is 2. The first-order valence-electron chi connectivity index (χ1n) is 8.97. The molecule has 0 aliphatic carbocycles. The Balaban J connectivity index is 1.82. The second-order valence-electron chi connectivity index (χ2n) is 6.62. The van der Waals surface area contributed by atoms with Gasteiger partial charge < -0.3 is 15.0 Å². The van der Waals surface area contributed by atoms with Crippen LogP contribution < -0.4 is 20.1 Å². The Morgan fingerprint density at radius 2 is 2.08 bits per heavy atom. The van der Waals surface area contributed by atoms with Crippen molar-refractivity contribution in [3.05, 3.63) is 24.4 Å². The van der Waals surface area contributed by atoms with Crippen LogP contribution in [0.5, 0.6) is 0 Å². The second kappa shape index (κ2) is 9.36. The average molecular weight is 350 g/mol. The van der Waals surface area contributed by atoms with Gasteiger partial charge in [0.1, 0.15) is 32.2 Å². The molecule has 2 heterocycles. The summed E-state index contributed by atoms with van der Waals surface area (Å²) in [6.07, 6.45) is 2.73. The van der Waals surface area contributed by atoms with Gasteiger partial charge in [0.15, 0.2) is 6.54 Å². The number of aromatic amines is 1. The first kappa shape index (κ1) is 19.2. The molecule has 0 saturated carbocycles. The maximum atomic E-state index is 12.4. The average Bonchev–Trinajstić information content (AvgIpc) is 2.66. The Hall–Kier alpha value is -2.15. The predicted molar refractivity (Wildman–Crippen MR) is 94.2 cm³/mol. The lowest BCUT2D eigenvalue weighted by Gasteiger charge is -2.28. The van der Waals surface area contributed by atoms with Crippen LogP contribution in [0.25, 0.3) is 0 Å². The Bertz CT molecular complexity index is 559. The van der Waals surface area contributed by atoms with Crippen molar-refractivity contribution in [3.8, 4) is 0 Å². The van der Waals surface area contributed by atoms with E-state index in [1.807, 2.05) is 32.2 Å². The van der Waals surface area contributed by atoms with E-state index in [4.69, 9.17) is 4.74 Å². The molecule has 138 valence electrons. The molecule has 0 radical (unpaired) electrons. The molecule has 1 aromatic heterocycles. The number of H-pyrrole nitrogens is 1. The number of hydrogen-bond acceptors (Lipinski definition) is 4. The molecule has 0 unspecified atom stereocenters. The van der Waals surface area contributed by atoms with Gasteiger partial charge in [-0.25, -0.2) is 9.78 Å². The van der Waals surface area contributed by atoms with Crippen molar-refractivity contribution in [3.63, 3.8) is 0 Å². The van der Waals surface area contributed by atoms with Crippen LogP contribution in [0.4, 0.5) is 5.82 Å². The molecule has 0 aromatic carbocycles. The number of pyridine rings is 1. The van der Waals surface area contributed by atoms with E-state index in [1.165, 1.54) is 12.0 Å². The van der Waals surface area contributed by atoms with Crippen LogP contribution >= 0.6 is 0 Å². The summed E-state index contributed by atoms with van der Waals surface area (Å²) in [7, 11) is 1.36. The number of ether oxygens (including phenoxy) is 1. The number of amides is 1. The highest BCUT2D eigenvalue weighted by Crippen LogP contribution is 2.09. The SMILES string of the molecule is CC[C@@H](C)[C@@H](NC(=O)C[NH+]1CCN(c2cccc[nH+]2)CC1)C(=O)OC. The zero-order valence-corrected chi connectivity index (χ0v) is 15.4. The number of nitrogens with zero attached hydrogens (tertiary/aromatic N) is 1. The molecule has 0 bridgehead atoms. The number of hydrogen-bond donors (Lipinski definition) is 2. The zero-order chi connectivity index (χ0) is 18.2. The first-order chi connectivity index (χ1) is 12.0. The van der Waals surface area contributed by atoms with Crippen LogP contribution in [-0.2, 0) is 14.3 Å². The largest absolute Gasteiger partial charge is 0.467 e. The van der Waals surface area contributed by atoms with Gasteiger partial charge in [0, 0.05) is 6.07 Å². The summed E-state index contributed by atoms with van der Waals surface area (Å²) in [5.41, 5.74) is 0. The zero-order valence-electron chi connectivity index (χ0n) is 15.4. The molecule has 7 heteroatoms. The molecule has 2 rings (SSSR count). The van der Waals surface area contributed by atoms with E-state index in [2.05, 4.69) is 21.3 Å². The van der Waals surface area contributed by atoms with Crippen molar-refractivity contribution in [2.45, 2.75) is 26.3 Å². The summed E-state index contributed by atoms with van der Waals surface area (Å²) in [5.74, 6) is 0.693. The molecule has 2 atom stereocenters. The number of anilines is 1. The van der Waals surface area contributed by atoms with Gasteiger partial charge in [-0.2, -0.15) is 0 Å². The Labute approximate surface area is 149 Å². The number of aromatic nitrogens is 1. The monoisotopic (exact) mass is 350 g/mol. The molecule has 3 N–H and O–H groups in total. The number of piperazine rings is 1. The molecular weight excluding hydrogens is 320 g/mol. The fourth-order valence-electron chi connectivity index (χ4n) is 3.07. The number of methoxy groups -OCH3 is 1. The van der Waals surface area contributed by atoms with Crippen molar-refractivity contribution < 1.29 is 24.2 Å². The van der Waals surface area contributed by atoms with E-state index in [0.717, 1.165) is 38.4 Å². The fourth-order valence-corrected chi connectivity index (χ4v) is 3.07. The predicted octanol–water partition coefficient (Wildman–Crippen LogP) is -1.09. The maximum Gasteiger partial charge on any atom is 0.328 e. The van der Waals surface area contributed by atoms with Gasteiger partial charge in [-0.3, -0.25) is 9.69 Å². The van der Waals surface area contributed by atoms with Crippen molar-refractivity contribution in [2.75, 3.05) is 44.7 Å². The number of quaternary nitrogens is 1. The topological polar surface area (TPSA) is 77.2 Å². The van der Waals surface area contributed by atoms with E-state index in [9.17, 15) is 9.59 Å². The molecule has 1 amide bonds. The lowest BCUT2D eigenvalue weighted by Crippen LogP contribution is -3.16. The minimum atomic E-state index is -0.567. The van der Waals surface area contributed by atoms with Gasteiger partial charge >= 0.3 is 5.97 Å². The van der Waals surface area contributed by atoms with Crippen molar-refractivity contribution >= 4 is 17.7 Å². The Kier molecular flexibility index (Phi) is 7.18. The minimum Gasteiger partial charge on any atom is -0.467 e. The molecule has 7 nitrogen and oxygen atoms in total. The Morgan fingerprint density at radius 1 is 1.36 bits per heavy atom. The molecule has 1 aromatic rings. The number of nitrogens with one attached hydrogen (secondary N) is 3. The summed E-state index contributed by atoms with van der Waals surface area (Å²) in [5, 5.41) is 2.85. The minimum absolute atomic E-state index is 0.0527.